The van der Waals surface area contributed by atoms with Crippen LogP contribution in [0.3, 0.4) is 0 Å². The molecule has 3 N–H and O–H groups in total. The first-order valence-electron chi connectivity index (χ1n) is 15.5. The molecule has 45 heavy (non-hydrogen) atoms. The Morgan fingerprint density at radius 1 is 1.13 bits per heavy atom. The summed E-state index contributed by atoms with van der Waals surface area (Å²) in [4.78, 5) is 41.1. The van der Waals surface area contributed by atoms with Crippen LogP contribution in [0.1, 0.15) is 67.2 Å². The van der Waals surface area contributed by atoms with Crippen LogP contribution in [-0.4, -0.2) is 81.6 Å². The van der Waals surface area contributed by atoms with Gasteiger partial charge in [-0.25, -0.2) is 4.79 Å². The number of hydrogen-bond donors (Lipinski definition) is 3. The number of carbonyl (C=O) groups excluding carboxylic acids is 3. The number of ether oxygens (including phenoxy) is 4. The topological polar surface area (TPSA) is 158 Å². The van der Waals surface area contributed by atoms with Gasteiger partial charge < -0.3 is 39.3 Å². The van der Waals surface area contributed by atoms with E-state index in [0.717, 1.165) is 12.0 Å². The number of allylic oxidation sites excluding steroid dienone is 2. The van der Waals surface area contributed by atoms with E-state index < -0.39 is 24.1 Å². The first-order valence-corrected chi connectivity index (χ1v) is 15.5. The van der Waals surface area contributed by atoms with Gasteiger partial charge in [-0.1, -0.05) is 37.6 Å². The fourth-order valence-corrected chi connectivity index (χ4v) is 5.97. The molecule has 3 aliphatic heterocycles. The fourth-order valence-electron chi connectivity index (χ4n) is 5.97. The molecule has 3 saturated heterocycles. The summed E-state index contributed by atoms with van der Waals surface area (Å²) in [7, 11) is 0. The zero-order chi connectivity index (χ0) is 32.9. The third kappa shape index (κ3) is 9.21. The number of rotatable bonds is 11. The first kappa shape index (κ1) is 34.3. The number of epoxide rings is 1. The minimum atomic E-state index is -0.645. The third-order valence-corrected chi connectivity index (χ3v) is 8.78. The Morgan fingerprint density at radius 2 is 1.82 bits per heavy atom. The minimum Gasteiger partial charge on any atom is -0.492 e. The molecular weight excluding hydrogens is 584 g/mol. The molecule has 9 atom stereocenters. The van der Waals surface area contributed by atoms with E-state index in [-0.39, 0.29) is 65.9 Å². The number of aromatic hydroxyl groups is 2. The van der Waals surface area contributed by atoms with Crippen LogP contribution in [0.15, 0.2) is 48.1 Å². The van der Waals surface area contributed by atoms with Crippen molar-refractivity contribution in [1.29, 1.82) is 0 Å². The zero-order valence-electron chi connectivity index (χ0n) is 26.8. The Labute approximate surface area is 263 Å². The molecule has 4 rings (SSSR count). The van der Waals surface area contributed by atoms with Gasteiger partial charge in [0, 0.05) is 37.5 Å². The number of carbonyl (C=O) groups is 3. The van der Waals surface area contributed by atoms with Gasteiger partial charge in [0.1, 0.15) is 6.10 Å². The zero-order valence-corrected chi connectivity index (χ0v) is 26.8. The molecule has 3 fully saturated rings. The van der Waals surface area contributed by atoms with Crippen molar-refractivity contribution in [2.24, 2.45) is 11.8 Å². The van der Waals surface area contributed by atoms with Crippen LogP contribution in [0.2, 0.25) is 0 Å². The fraction of sp³-hybridized carbons (Fsp3) is 0.606. The van der Waals surface area contributed by atoms with Gasteiger partial charge in [-0.05, 0) is 45.6 Å². The first-order chi connectivity index (χ1) is 21.3. The van der Waals surface area contributed by atoms with E-state index >= 15 is 0 Å². The summed E-state index contributed by atoms with van der Waals surface area (Å²) in [5.41, 5.74) is 0.694. The minimum absolute atomic E-state index is 0.00131. The summed E-state index contributed by atoms with van der Waals surface area (Å²) in [5.74, 6) is -1.76. The number of aromatic nitrogens is 1. The van der Waals surface area contributed by atoms with Crippen LogP contribution in [0.5, 0.6) is 11.8 Å². The number of amides is 1. The Kier molecular flexibility index (Phi) is 11.2. The third-order valence-electron chi connectivity index (χ3n) is 8.78. The predicted molar refractivity (Wildman–Crippen MR) is 163 cm³/mol. The molecule has 9 unspecified atom stereocenters. The summed E-state index contributed by atoms with van der Waals surface area (Å²) in [6, 6.07) is 2.32. The second kappa shape index (κ2) is 14.7. The van der Waals surface area contributed by atoms with Gasteiger partial charge in [-0.3, -0.25) is 9.59 Å². The lowest BCUT2D eigenvalue weighted by molar-refractivity contribution is -0.154. The average Bonchev–Trinajstić information content (AvgIpc) is 3.67. The van der Waals surface area contributed by atoms with Crippen LogP contribution in [0, 0.1) is 11.8 Å². The van der Waals surface area contributed by atoms with Gasteiger partial charge in [0.05, 0.1) is 49.1 Å². The number of nitrogens with zero attached hydrogens (tertiary/aromatic N) is 1. The van der Waals surface area contributed by atoms with Crippen molar-refractivity contribution in [2.75, 3.05) is 6.61 Å². The van der Waals surface area contributed by atoms with E-state index in [9.17, 15) is 24.6 Å². The maximum atomic E-state index is 12.5. The number of nitrogens with one attached hydrogen (secondary N) is 1. The molecule has 12 heteroatoms. The Bertz CT molecular complexity index is 1290. The van der Waals surface area contributed by atoms with Crippen molar-refractivity contribution < 1.29 is 48.4 Å². The molecule has 0 aliphatic carbocycles. The summed E-state index contributed by atoms with van der Waals surface area (Å²) in [5, 5.41) is 22.5. The van der Waals surface area contributed by atoms with Crippen molar-refractivity contribution in [3.8, 4) is 11.8 Å². The highest BCUT2D eigenvalue weighted by Crippen LogP contribution is 2.47. The van der Waals surface area contributed by atoms with Crippen LogP contribution in [0.4, 0.5) is 0 Å². The molecule has 1 spiro atoms. The van der Waals surface area contributed by atoms with Crippen molar-refractivity contribution in [1.82, 2.24) is 10.0 Å². The molecule has 248 valence electrons. The van der Waals surface area contributed by atoms with E-state index in [2.05, 4.69) is 25.2 Å². The van der Waals surface area contributed by atoms with Gasteiger partial charge >= 0.3 is 11.9 Å². The standard InChI is InChI=1S/C33H46N2O10/c1-19(7-10-27-20(2)15-26(23(5)43-27)34-29(37)12-9-21(3)42-24(6)36)8-11-28-22(4)33(18-41-33)17-25(44-28)16-32(40)45-35-30(38)13-14-31(35)39/h7-9,11-14,20-23,25-28,38-39H,10,15-18H2,1-6H3,(H,34,37). The van der Waals surface area contributed by atoms with Crippen molar-refractivity contribution in [3.05, 3.63) is 48.1 Å². The maximum Gasteiger partial charge on any atom is 0.335 e. The van der Waals surface area contributed by atoms with Crippen LogP contribution in [0.25, 0.3) is 0 Å². The quantitative estimate of drug-likeness (QED) is 0.143. The Morgan fingerprint density at radius 3 is 2.47 bits per heavy atom. The van der Waals surface area contributed by atoms with E-state index in [1.165, 1.54) is 25.1 Å². The second-order valence-corrected chi connectivity index (χ2v) is 12.5. The lowest BCUT2D eigenvalue weighted by atomic mass is 9.81. The summed E-state index contributed by atoms with van der Waals surface area (Å²) in [6.07, 6.45) is 9.66. The number of hydrogen-bond acceptors (Lipinski definition) is 10. The van der Waals surface area contributed by atoms with E-state index in [4.69, 9.17) is 23.8 Å². The average molecular weight is 631 g/mol. The van der Waals surface area contributed by atoms with E-state index in [1.54, 1.807) is 13.0 Å². The van der Waals surface area contributed by atoms with E-state index in [1.807, 2.05) is 26.0 Å². The molecule has 0 saturated carbocycles. The van der Waals surface area contributed by atoms with Crippen LogP contribution in [-0.2, 0) is 33.3 Å². The van der Waals surface area contributed by atoms with Gasteiger partial charge in [0.25, 0.3) is 0 Å². The monoisotopic (exact) mass is 630 g/mol. The normalized spacial score (nSPS) is 32.5. The smallest absolute Gasteiger partial charge is 0.335 e. The van der Waals surface area contributed by atoms with Gasteiger partial charge in [0.15, 0.2) is 0 Å². The highest BCUT2D eigenvalue weighted by atomic mass is 16.7. The highest BCUT2D eigenvalue weighted by molar-refractivity contribution is 5.87. The largest absolute Gasteiger partial charge is 0.492 e. The molecule has 0 radical (unpaired) electrons. The Balaban J connectivity index is 1.27. The molecule has 0 aromatic carbocycles. The molecular formula is C33H46N2O10. The van der Waals surface area contributed by atoms with Crippen molar-refractivity contribution >= 4 is 17.8 Å². The molecule has 1 amide bonds. The van der Waals surface area contributed by atoms with Crippen LogP contribution < -0.4 is 10.2 Å². The van der Waals surface area contributed by atoms with E-state index in [0.29, 0.717) is 24.2 Å². The molecule has 1 aromatic heterocycles. The predicted octanol–water partition coefficient (Wildman–Crippen LogP) is 3.51. The van der Waals surface area contributed by atoms with Crippen molar-refractivity contribution in [3.63, 3.8) is 0 Å². The molecule has 1 aromatic rings. The molecule has 0 bridgehead atoms. The lowest BCUT2D eigenvalue weighted by Crippen LogP contribution is -2.50. The molecule has 4 heterocycles. The maximum absolute atomic E-state index is 12.5. The molecule has 12 nitrogen and oxygen atoms in total. The second-order valence-electron chi connectivity index (χ2n) is 12.5. The number of esters is 1. The lowest BCUT2D eigenvalue weighted by Gasteiger charge is -2.39. The Hall–Kier alpha value is -3.61. The summed E-state index contributed by atoms with van der Waals surface area (Å²) in [6.45, 7) is 11.8. The van der Waals surface area contributed by atoms with Crippen LogP contribution >= 0.6 is 0 Å². The molecule has 3 aliphatic rings. The summed E-state index contributed by atoms with van der Waals surface area (Å²) >= 11 is 0. The highest BCUT2D eigenvalue weighted by Gasteiger charge is 2.56. The summed E-state index contributed by atoms with van der Waals surface area (Å²) < 4.78 is 24.1. The van der Waals surface area contributed by atoms with Gasteiger partial charge in [0.2, 0.25) is 17.7 Å². The van der Waals surface area contributed by atoms with Crippen molar-refractivity contribution in [2.45, 2.75) is 109 Å². The van der Waals surface area contributed by atoms with Gasteiger partial charge in [-0.2, -0.15) is 0 Å². The van der Waals surface area contributed by atoms with Gasteiger partial charge in [-0.15, -0.1) is 4.73 Å². The SMILES string of the molecule is CC(=O)OC(C)C=CC(=O)NC1CC(C)C(CC=C(C)C=CC2OC(CC(=O)On3c(O)ccc3O)CC3(CO3)C2C)OC1C.